The standard InChI is InChI=1S/C22H29N3O4S2/c1-29-19-7-5-17(6-8-19)11-15-31(27,28)24-16-18-9-13-25(14-10-18)22(26)20-4-3-12-23-21(20)30-2/h3-8,12,18,24H,9-11,13-16H2,1-2H3. The molecule has 31 heavy (non-hydrogen) atoms. The summed E-state index contributed by atoms with van der Waals surface area (Å²) >= 11 is 1.46. The van der Waals surface area contributed by atoms with Gasteiger partial charge in [0.1, 0.15) is 10.8 Å². The maximum absolute atomic E-state index is 12.8. The van der Waals surface area contributed by atoms with E-state index < -0.39 is 10.0 Å². The molecule has 1 saturated heterocycles. The number of aromatic nitrogens is 1. The van der Waals surface area contributed by atoms with Crippen molar-refractivity contribution in [2.45, 2.75) is 24.3 Å². The highest BCUT2D eigenvalue weighted by atomic mass is 32.2. The predicted molar refractivity (Wildman–Crippen MR) is 123 cm³/mol. The summed E-state index contributed by atoms with van der Waals surface area (Å²) in [5, 5.41) is 0.735. The van der Waals surface area contributed by atoms with Crippen molar-refractivity contribution in [1.82, 2.24) is 14.6 Å². The van der Waals surface area contributed by atoms with Crippen molar-refractivity contribution in [3.63, 3.8) is 0 Å². The number of aryl methyl sites for hydroxylation is 1. The molecule has 0 saturated carbocycles. The summed E-state index contributed by atoms with van der Waals surface area (Å²) in [6.07, 6.45) is 5.61. The van der Waals surface area contributed by atoms with Crippen LogP contribution in [0.15, 0.2) is 47.6 Å². The SMILES string of the molecule is COc1ccc(CCS(=O)(=O)NCC2CCN(C(=O)c3cccnc3SC)CC2)cc1. The van der Waals surface area contributed by atoms with Crippen LogP contribution in [0, 0.1) is 5.92 Å². The van der Waals surface area contributed by atoms with Crippen LogP contribution in [0.1, 0.15) is 28.8 Å². The number of carbonyl (C=O) groups is 1. The lowest BCUT2D eigenvalue weighted by Crippen LogP contribution is -2.42. The van der Waals surface area contributed by atoms with Gasteiger partial charge in [0.05, 0.1) is 18.4 Å². The molecule has 1 aromatic heterocycles. The third-order valence-corrected chi connectivity index (χ3v) is 7.57. The smallest absolute Gasteiger partial charge is 0.256 e. The van der Waals surface area contributed by atoms with E-state index in [0.717, 1.165) is 29.2 Å². The molecule has 0 unspecified atom stereocenters. The van der Waals surface area contributed by atoms with Crippen molar-refractivity contribution in [2.75, 3.05) is 38.8 Å². The Kier molecular flexibility index (Phi) is 8.34. The fraction of sp³-hybridized carbons (Fsp3) is 0.455. The van der Waals surface area contributed by atoms with Crippen LogP contribution in [0.25, 0.3) is 0 Å². The van der Waals surface area contributed by atoms with E-state index in [4.69, 9.17) is 4.74 Å². The van der Waals surface area contributed by atoms with Gasteiger partial charge in [-0.1, -0.05) is 12.1 Å². The summed E-state index contributed by atoms with van der Waals surface area (Å²) in [5.41, 5.74) is 1.59. The summed E-state index contributed by atoms with van der Waals surface area (Å²) in [4.78, 5) is 18.9. The normalized spacial score (nSPS) is 15.1. The molecule has 1 N–H and O–H groups in total. The maximum Gasteiger partial charge on any atom is 0.256 e. The van der Waals surface area contributed by atoms with E-state index >= 15 is 0 Å². The van der Waals surface area contributed by atoms with Gasteiger partial charge in [-0.05, 0) is 61.3 Å². The van der Waals surface area contributed by atoms with Crippen molar-refractivity contribution in [3.05, 3.63) is 53.7 Å². The Hall–Kier alpha value is -2.10. The van der Waals surface area contributed by atoms with Crippen LogP contribution in [0.2, 0.25) is 0 Å². The number of likely N-dealkylation sites (tertiary alicyclic amines) is 1. The second-order valence-corrected chi connectivity index (χ2v) is 10.3. The summed E-state index contributed by atoms with van der Waals surface area (Å²) in [5.74, 6) is 1.03. The average molecular weight is 464 g/mol. The number of thioether (sulfide) groups is 1. The zero-order chi connectivity index (χ0) is 22.3. The lowest BCUT2D eigenvalue weighted by atomic mass is 9.97. The molecule has 3 rings (SSSR count). The van der Waals surface area contributed by atoms with Gasteiger partial charge in [0.2, 0.25) is 10.0 Å². The Bertz CT molecular complexity index is 973. The molecule has 0 aliphatic carbocycles. The van der Waals surface area contributed by atoms with Crippen LogP contribution in [0.3, 0.4) is 0 Å². The second kappa shape index (κ2) is 11.0. The van der Waals surface area contributed by atoms with Crippen LogP contribution in [-0.2, 0) is 16.4 Å². The zero-order valence-corrected chi connectivity index (χ0v) is 19.5. The highest BCUT2D eigenvalue weighted by Crippen LogP contribution is 2.23. The second-order valence-electron chi connectivity index (χ2n) is 7.56. The van der Waals surface area contributed by atoms with E-state index in [1.165, 1.54) is 11.8 Å². The third-order valence-electron chi connectivity index (χ3n) is 5.51. The van der Waals surface area contributed by atoms with Gasteiger partial charge in [-0.25, -0.2) is 18.1 Å². The number of hydrogen-bond acceptors (Lipinski definition) is 6. The molecule has 1 amide bonds. The number of nitrogens with one attached hydrogen (secondary N) is 1. The Morgan fingerprint density at radius 1 is 1.23 bits per heavy atom. The zero-order valence-electron chi connectivity index (χ0n) is 17.9. The molecule has 1 aliphatic heterocycles. The summed E-state index contributed by atoms with van der Waals surface area (Å²) < 4.78 is 32.6. The van der Waals surface area contributed by atoms with Crippen LogP contribution >= 0.6 is 11.8 Å². The number of ether oxygens (including phenoxy) is 1. The number of piperidine rings is 1. The minimum atomic E-state index is -3.35. The van der Waals surface area contributed by atoms with Crippen molar-refractivity contribution < 1.29 is 17.9 Å². The van der Waals surface area contributed by atoms with E-state index in [0.29, 0.717) is 31.6 Å². The van der Waals surface area contributed by atoms with Crippen molar-refractivity contribution in [2.24, 2.45) is 5.92 Å². The first kappa shape index (κ1) is 23.6. The van der Waals surface area contributed by atoms with E-state index in [2.05, 4.69) is 9.71 Å². The highest BCUT2D eigenvalue weighted by molar-refractivity contribution is 7.98. The lowest BCUT2D eigenvalue weighted by Gasteiger charge is -2.32. The number of sulfonamides is 1. The van der Waals surface area contributed by atoms with Gasteiger partial charge >= 0.3 is 0 Å². The van der Waals surface area contributed by atoms with Crippen LogP contribution in [-0.4, -0.2) is 63.0 Å². The number of amides is 1. The van der Waals surface area contributed by atoms with Crippen LogP contribution in [0.5, 0.6) is 5.75 Å². The fourth-order valence-corrected chi connectivity index (χ4v) is 5.27. The highest BCUT2D eigenvalue weighted by Gasteiger charge is 2.26. The number of methoxy groups -OCH3 is 1. The molecule has 2 heterocycles. The summed E-state index contributed by atoms with van der Waals surface area (Å²) in [7, 11) is -1.75. The number of rotatable bonds is 9. The topological polar surface area (TPSA) is 88.6 Å². The molecule has 0 atom stereocenters. The summed E-state index contributed by atoms with van der Waals surface area (Å²) in [6.45, 7) is 1.66. The van der Waals surface area contributed by atoms with Gasteiger partial charge in [-0.2, -0.15) is 0 Å². The van der Waals surface area contributed by atoms with Gasteiger partial charge in [0.15, 0.2) is 0 Å². The number of pyridine rings is 1. The molecule has 0 spiro atoms. The molecule has 168 valence electrons. The first-order valence-corrected chi connectivity index (χ1v) is 13.2. The molecule has 0 bridgehead atoms. The number of benzene rings is 1. The molecule has 1 aromatic carbocycles. The Labute approximate surface area is 188 Å². The van der Waals surface area contributed by atoms with E-state index in [1.807, 2.05) is 41.5 Å². The molecule has 7 nitrogen and oxygen atoms in total. The third kappa shape index (κ3) is 6.69. The molecular weight excluding hydrogens is 434 g/mol. The Morgan fingerprint density at radius 2 is 1.94 bits per heavy atom. The maximum atomic E-state index is 12.8. The fourth-order valence-electron chi connectivity index (χ4n) is 3.59. The molecule has 2 aromatic rings. The Morgan fingerprint density at radius 3 is 2.58 bits per heavy atom. The lowest BCUT2D eigenvalue weighted by molar-refractivity contribution is 0.0687. The molecule has 0 radical (unpaired) electrons. The Balaban J connectivity index is 1.44. The largest absolute Gasteiger partial charge is 0.497 e. The van der Waals surface area contributed by atoms with Crippen molar-refractivity contribution >= 4 is 27.7 Å². The van der Waals surface area contributed by atoms with Gasteiger partial charge in [-0.3, -0.25) is 4.79 Å². The van der Waals surface area contributed by atoms with Crippen molar-refractivity contribution in [1.29, 1.82) is 0 Å². The predicted octanol–water partition coefficient (Wildman–Crippen LogP) is 2.83. The van der Waals surface area contributed by atoms with Gasteiger partial charge < -0.3 is 9.64 Å². The molecule has 1 fully saturated rings. The van der Waals surface area contributed by atoms with Crippen LogP contribution < -0.4 is 9.46 Å². The van der Waals surface area contributed by atoms with Crippen molar-refractivity contribution in [3.8, 4) is 5.75 Å². The van der Waals surface area contributed by atoms with E-state index in [1.54, 1.807) is 19.4 Å². The molecule has 1 aliphatic rings. The van der Waals surface area contributed by atoms with Gasteiger partial charge in [0.25, 0.3) is 5.91 Å². The number of nitrogens with zero attached hydrogens (tertiary/aromatic N) is 2. The minimum absolute atomic E-state index is 0.00373. The quantitative estimate of drug-likeness (QED) is 0.576. The average Bonchev–Trinajstić information content (AvgIpc) is 2.81. The monoisotopic (exact) mass is 463 g/mol. The van der Waals surface area contributed by atoms with Gasteiger partial charge in [-0.15, -0.1) is 11.8 Å². The van der Waals surface area contributed by atoms with Gasteiger partial charge in [0, 0.05) is 25.8 Å². The number of carbonyl (C=O) groups excluding carboxylic acids is 1. The number of hydrogen-bond donors (Lipinski definition) is 1. The van der Waals surface area contributed by atoms with Crippen LogP contribution in [0.4, 0.5) is 0 Å². The van der Waals surface area contributed by atoms with E-state index in [-0.39, 0.29) is 17.6 Å². The van der Waals surface area contributed by atoms with E-state index in [9.17, 15) is 13.2 Å². The molecular formula is C22H29N3O4S2. The molecule has 9 heteroatoms. The first-order valence-electron chi connectivity index (χ1n) is 10.3. The summed E-state index contributed by atoms with van der Waals surface area (Å²) in [6, 6.07) is 11.0. The minimum Gasteiger partial charge on any atom is -0.497 e. The first-order chi connectivity index (χ1) is 14.9.